The maximum Gasteiger partial charge on any atom is 0.132 e. The zero-order valence-corrected chi connectivity index (χ0v) is 29.1. The van der Waals surface area contributed by atoms with Crippen molar-refractivity contribution in [3.8, 4) is 41.8 Å². The second-order valence-electron chi connectivity index (χ2n) is 12.1. The predicted octanol–water partition coefficient (Wildman–Crippen LogP) is 13.4. The zero-order valence-electron chi connectivity index (χ0n) is 26.6. The van der Waals surface area contributed by atoms with Crippen LogP contribution in [0.5, 0.6) is 0 Å². The van der Waals surface area contributed by atoms with Crippen LogP contribution in [0.1, 0.15) is 63.5 Å². The molecule has 4 aromatic carbocycles. The SMILES string of the molecule is CCCCCc1ccc(-c2ccc(-c3c4ccccc4c(-c4ccc(-c5ccc(CCCCC)cc5F)s4)c4nsnc34)s2)c(F)c1. The normalized spacial score (nSPS) is 11.7. The minimum Gasteiger partial charge on any atom is -0.206 e. The third-order valence-corrected chi connectivity index (χ3v) is 11.7. The van der Waals surface area contributed by atoms with Crippen molar-refractivity contribution in [1.82, 2.24) is 8.75 Å². The van der Waals surface area contributed by atoms with Crippen LogP contribution in [0.3, 0.4) is 0 Å². The van der Waals surface area contributed by atoms with Crippen LogP contribution in [0.15, 0.2) is 84.9 Å². The van der Waals surface area contributed by atoms with Crippen LogP contribution < -0.4 is 0 Å². The Bertz CT molecular complexity index is 2020. The minimum atomic E-state index is -0.177. The number of unbranched alkanes of at least 4 members (excludes halogenated alkanes) is 4. The molecule has 3 aromatic heterocycles. The number of fused-ring (bicyclic) bond motifs is 2. The van der Waals surface area contributed by atoms with Gasteiger partial charge in [-0.2, -0.15) is 8.75 Å². The first-order valence-corrected chi connectivity index (χ1v) is 18.9. The molecule has 47 heavy (non-hydrogen) atoms. The maximum atomic E-state index is 15.3. The molecule has 2 nitrogen and oxygen atoms in total. The predicted molar refractivity (Wildman–Crippen MR) is 199 cm³/mol. The minimum absolute atomic E-state index is 0.177. The van der Waals surface area contributed by atoms with Crippen molar-refractivity contribution in [2.24, 2.45) is 0 Å². The average Bonchev–Trinajstić information content (AvgIpc) is 3.86. The number of benzene rings is 4. The van der Waals surface area contributed by atoms with E-state index in [1.54, 1.807) is 34.8 Å². The molecule has 0 amide bonds. The van der Waals surface area contributed by atoms with E-state index in [-0.39, 0.29) is 11.6 Å². The molecule has 0 radical (unpaired) electrons. The molecule has 0 unspecified atom stereocenters. The van der Waals surface area contributed by atoms with Crippen molar-refractivity contribution in [2.75, 3.05) is 0 Å². The Morgan fingerprint density at radius 2 is 0.979 bits per heavy atom. The lowest BCUT2D eigenvalue weighted by Gasteiger charge is -2.11. The van der Waals surface area contributed by atoms with Gasteiger partial charge in [0, 0.05) is 41.8 Å². The fourth-order valence-corrected chi connectivity index (χ4v) is 9.16. The molecular weight excluding hydrogens is 643 g/mol. The van der Waals surface area contributed by atoms with Crippen LogP contribution >= 0.6 is 34.4 Å². The average molecular weight is 679 g/mol. The van der Waals surface area contributed by atoms with Gasteiger partial charge in [0.25, 0.3) is 0 Å². The Balaban J connectivity index is 1.26. The van der Waals surface area contributed by atoms with Crippen LogP contribution in [-0.2, 0) is 12.8 Å². The topological polar surface area (TPSA) is 25.8 Å². The Morgan fingerprint density at radius 1 is 0.532 bits per heavy atom. The summed E-state index contributed by atoms with van der Waals surface area (Å²) < 4.78 is 40.3. The zero-order chi connectivity index (χ0) is 32.3. The van der Waals surface area contributed by atoms with Crippen LogP contribution in [0.2, 0.25) is 0 Å². The highest BCUT2D eigenvalue weighted by molar-refractivity contribution is 7.19. The molecule has 0 atom stereocenters. The number of rotatable bonds is 12. The largest absolute Gasteiger partial charge is 0.206 e. The van der Waals surface area contributed by atoms with E-state index in [9.17, 15) is 0 Å². The van der Waals surface area contributed by atoms with Gasteiger partial charge in [-0.05, 0) is 84.0 Å². The standard InChI is InChI=1S/C40H36F2N2S3/c1-3-5-7-11-25-15-17-29(31(41)23-25)33-19-21-35(45-33)37-27-13-9-10-14-28(27)38(40-39(37)43-47-44-40)36-22-20-34(46-36)30-18-16-26(24-32(30)42)12-8-6-4-2/h9-10,13-24H,3-8,11-12H2,1-2H3. The molecule has 0 N–H and O–H groups in total. The molecule has 7 heteroatoms. The summed E-state index contributed by atoms with van der Waals surface area (Å²) in [5.41, 5.74) is 7.05. The summed E-state index contributed by atoms with van der Waals surface area (Å²) in [5, 5.41) is 2.14. The third-order valence-electron chi connectivity index (χ3n) is 8.87. The lowest BCUT2D eigenvalue weighted by Crippen LogP contribution is -1.89. The monoisotopic (exact) mass is 678 g/mol. The van der Waals surface area contributed by atoms with Gasteiger partial charge in [0.15, 0.2) is 0 Å². The number of aromatic nitrogens is 2. The Labute approximate surface area is 287 Å². The molecule has 0 saturated carbocycles. The summed E-state index contributed by atoms with van der Waals surface area (Å²) in [7, 11) is 0. The molecule has 3 heterocycles. The van der Waals surface area contributed by atoms with Crippen molar-refractivity contribution < 1.29 is 8.78 Å². The van der Waals surface area contributed by atoms with E-state index in [1.807, 2.05) is 36.4 Å². The van der Waals surface area contributed by atoms with E-state index in [0.717, 1.165) is 115 Å². The summed E-state index contributed by atoms with van der Waals surface area (Å²) in [6.45, 7) is 4.36. The number of aryl methyl sites for hydroxylation is 2. The molecule has 0 aliphatic carbocycles. The number of hydrogen-bond acceptors (Lipinski definition) is 5. The Kier molecular flexibility index (Phi) is 9.57. The van der Waals surface area contributed by atoms with Crippen LogP contribution in [0.4, 0.5) is 8.78 Å². The van der Waals surface area contributed by atoms with Gasteiger partial charge in [-0.3, -0.25) is 0 Å². The molecule has 0 aliphatic rings. The maximum absolute atomic E-state index is 15.3. The lowest BCUT2D eigenvalue weighted by molar-refractivity contribution is 0.626. The smallest absolute Gasteiger partial charge is 0.132 e. The van der Waals surface area contributed by atoms with Gasteiger partial charge in [-0.1, -0.05) is 88.1 Å². The van der Waals surface area contributed by atoms with E-state index in [0.29, 0.717) is 11.1 Å². The van der Waals surface area contributed by atoms with Gasteiger partial charge in [-0.15, -0.1) is 22.7 Å². The fourth-order valence-electron chi connectivity index (χ4n) is 6.41. The van der Waals surface area contributed by atoms with Gasteiger partial charge >= 0.3 is 0 Å². The van der Waals surface area contributed by atoms with Crippen molar-refractivity contribution >= 4 is 56.2 Å². The molecule has 0 aliphatic heterocycles. The second kappa shape index (κ2) is 14.1. The van der Waals surface area contributed by atoms with E-state index >= 15 is 8.78 Å². The van der Waals surface area contributed by atoms with E-state index in [1.165, 1.54) is 11.7 Å². The fraction of sp³-hybridized carbons (Fsp3) is 0.250. The first kappa shape index (κ1) is 31.8. The number of thiophene rings is 2. The van der Waals surface area contributed by atoms with Gasteiger partial charge < -0.3 is 0 Å². The molecule has 238 valence electrons. The van der Waals surface area contributed by atoms with Crippen molar-refractivity contribution in [3.05, 3.63) is 108 Å². The first-order chi connectivity index (χ1) is 23.1. The molecule has 0 fully saturated rings. The summed E-state index contributed by atoms with van der Waals surface area (Å²) in [4.78, 5) is 3.84. The highest BCUT2D eigenvalue weighted by Crippen LogP contribution is 2.48. The molecule has 7 aromatic rings. The number of hydrogen-bond donors (Lipinski definition) is 0. The summed E-state index contributed by atoms with van der Waals surface area (Å²) >= 11 is 4.37. The molecule has 0 saturated heterocycles. The van der Waals surface area contributed by atoms with Crippen LogP contribution in [0, 0.1) is 11.6 Å². The highest BCUT2D eigenvalue weighted by Gasteiger charge is 2.22. The number of halogens is 2. The Hall–Kier alpha value is -3.78. The van der Waals surface area contributed by atoms with Crippen molar-refractivity contribution in [3.63, 3.8) is 0 Å². The Morgan fingerprint density at radius 3 is 1.40 bits per heavy atom. The van der Waals surface area contributed by atoms with Gasteiger partial charge in [0.1, 0.15) is 22.7 Å². The summed E-state index contributed by atoms with van der Waals surface area (Å²) in [6.07, 6.45) is 8.58. The van der Waals surface area contributed by atoms with Gasteiger partial charge in [-0.25, -0.2) is 8.78 Å². The lowest BCUT2D eigenvalue weighted by atomic mass is 9.95. The summed E-state index contributed by atoms with van der Waals surface area (Å²) in [6, 6.07) is 27.9. The van der Waals surface area contributed by atoms with Crippen molar-refractivity contribution in [1.29, 1.82) is 0 Å². The van der Waals surface area contributed by atoms with Crippen LogP contribution in [-0.4, -0.2) is 8.75 Å². The van der Waals surface area contributed by atoms with E-state index in [4.69, 9.17) is 8.75 Å². The van der Waals surface area contributed by atoms with E-state index in [2.05, 4.69) is 50.2 Å². The summed E-state index contributed by atoms with van der Waals surface area (Å²) in [5.74, 6) is -0.353. The second-order valence-corrected chi connectivity index (χ2v) is 14.8. The number of nitrogens with zero attached hydrogens (tertiary/aromatic N) is 2. The van der Waals surface area contributed by atoms with Gasteiger partial charge in [0.2, 0.25) is 0 Å². The van der Waals surface area contributed by atoms with E-state index < -0.39 is 0 Å². The van der Waals surface area contributed by atoms with Gasteiger partial charge in [0.05, 0.1) is 11.7 Å². The van der Waals surface area contributed by atoms with Crippen molar-refractivity contribution in [2.45, 2.75) is 65.2 Å². The molecule has 7 rings (SSSR count). The third kappa shape index (κ3) is 6.41. The quantitative estimate of drug-likeness (QED) is 0.120. The molecule has 0 spiro atoms. The molecular formula is C40H36F2N2S3. The molecule has 0 bridgehead atoms. The first-order valence-electron chi connectivity index (χ1n) is 16.5. The van der Waals surface area contributed by atoms with Crippen LogP contribution in [0.25, 0.3) is 63.6 Å². The highest BCUT2D eigenvalue weighted by atomic mass is 32.1.